The van der Waals surface area contributed by atoms with E-state index in [9.17, 15) is 19.5 Å². The van der Waals surface area contributed by atoms with Crippen LogP contribution in [0.5, 0.6) is 0 Å². The zero-order valence-corrected chi connectivity index (χ0v) is 11.9. The topological polar surface area (TPSA) is 90.0 Å². The van der Waals surface area contributed by atoms with Gasteiger partial charge in [-0.05, 0) is 26.2 Å². The molecule has 0 aromatic rings. The van der Waals surface area contributed by atoms with Gasteiger partial charge in [0.15, 0.2) is 0 Å². The zero-order valence-electron chi connectivity index (χ0n) is 11.9. The number of nitrogens with one attached hydrogen (secondary N) is 1. The molecule has 7 heteroatoms. The van der Waals surface area contributed by atoms with E-state index in [0.717, 1.165) is 0 Å². The van der Waals surface area contributed by atoms with Crippen LogP contribution in [0, 0.1) is 0 Å². The summed E-state index contributed by atoms with van der Waals surface area (Å²) < 4.78 is 0. The maximum Gasteiger partial charge on any atom is 0.329 e. The molecule has 20 heavy (non-hydrogen) atoms. The van der Waals surface area contributed by atoms with Crippen LogP contribution in [-0.4, -0.2) is 64.5 Å². The maximum absolute atomic E-state index is 12.3. The van der Waals surface area contributed by atoms with Gasteiger partial charge in [-0.3, -0.25) is 4.79 Å². The molecule has 0 bridgehead atoms. The maximum atomic E-state index is 12.3. The van der Waals surface area contributed by atoms with Crippen molar-refractivity contribution in [3.8, 4) is 0 Å². The minimum atomic E-state index is -1.12. The minimum absolute atomic E-state index is 0.0760. The number of piperidine rings is 1. The molecule has 2 atom stereocenters. The van der Waals surface area contributed by atoms with Crippen LogP contribution < -0.4 is 5.32 Å². The van der Waals surface area contributed by atoms with E-state index in [1.165, 1.54) is 4.90 Å². The van der Waals surface area contributed by atoms with E-state index in [4.69, 9.17) is 0 Å². The number of carboxylic acids is 1. The highest BCUT2D eigenvalue weighted by molar-refractivity contribution is 5.87. The number of hydrogen-bond acceptors (Lipinski definition) is 3. The number of aliphatic carboxylic acids is 1. The zero-order chi connectivity index (χ0) is 14.9. The normalized spacial score (nSPS) is 30.5. The average Bonchev–Trinajstić information content (AvgIpc) is 2.77. The first kappa shape index (κ1) is 14.6. The van der Waals surface area contributed by atoms with Crippen LogP contribution >= 0.6 is 0 Å². The number of urea groups is 1. The van der Waals surface area contributed by atoms with Crippen molar-refractivity contribution in [3.05, 3.63) is 0 Å². The van der Waals surface area contributed by atoms with Crippen molar-refractivity contribution in [1.82, 2.24) is 15.1 Å². The van der Waals surface area contributed by atoms with Gasteiger partial charge in [-0.1, -0.05) is 0 Å². The molecule has 0 saturated carbocycles. The van der Waals surface area contributed by atoms with Crippen molar-refractivity contribution in [1.29, 1.82) is 0 Å². The highest BCUT2D eigenvalue weighted by atomic mass is 16.4. The van der Waals surface area contributed by atoms with Crippen LogP contribution in [0.25, 0.3) is 0 Å². The van der Waals surface area contributed by atoms with Gasteiger partial charge in [-0.25, -0.2) is 9.59 Å². The summed E-state index contributed by atoms with van der Waals surface area (Å²) in [5, 5.41) is 12.2. The molecule has 112 valence electrons. The van der Waals surface area contributed by atoms with Crippen LogP contribution in [0.3, 0.4) is 0 Å². The van der Waals surface area contributed by atoms with Crippen LogP contribution in [0.2, 0.25) is 0 Å². The third-order valence-electron chi connectivity index (χ3n) is 4.30. The lowest BCUT2D eigenvalue weighted by atomic mass is 9.99. The Morgan fingerprint density at radius 2 is 2.15 bits per heavy atom. The van der Waals surface area contributed by atoms with Gasteiger partial charge in [0, 0.05) is 32.6 Å². The average molecular weight is 283 g/mol. The molecular weight excluding hydrogens is 262 g/mol. The molecule has 0 radical (unpaired) electrons. The van der Waals surface area contributed by atoms with Gasteiger partial charge in [0.25, 0.3) is 0 Å². The van der Waals surface area contributed by atoms with Crippen LogP contribution in [0.15, 0.2) is 0 Å². The fourth-order valence-electron chi connectivity index (χ4n) is 2.89. The second-order valence-electron chi connectivity index (χ2n) is 5.79. The summed E-state index contributed by atoms with van der Waals surface area (Å²) in [6.45, 7) is 2.51. The number of carbonyl (C=O) groups excluding carboxylic acids is 2. The first-order valence-electron chi connectivity index (χ1n) is 6.90. The van der Waals surface area contributed by atoms with Crippen LogP contribution in [0.1, 0.15) is 32.6 Å². The van der Waals surface area contributed by atoms with Crippen molar-refractivity contribution in [2.75, 3.05) is 20.1 Å². The number of hydrogen-bond donors (Lipinski definition) is 2. The smallest absolute Gasteiger partial charge is 0.329 e. The fraction of sp³-hybridized carbons (Fsp3) is 0.769. The minimum Gasteiger partial charge on any atom is -0.480 e. The van der Waals surface area contributed by atoms with Gasteiger partial charge in [0.1, 0.15) is 5.54 Å². The fourth-order valence-corrected chi connectivity index (χ4v) is 2.89. The Morgan fingerprint density at radius 1 is 1.45 bits per heavy atom. The number of amides is 3. The lowest BCUT2D eigenvalue weighted by Crippen LogP contribution is -2.57. The molecule has 2 N–H and O–H groups in total. The summed E-state index contributed by atoms with van der Waals surface area (Å²) >= 11 is 0. The molecule has 2 heterocycles. The monoisotopic (exact) mass is 283 g/mol. The number of likely N-dealkylation sites (N-methyl/N-ethyl adjacent to an activating group) is 1. The van der Waals surface area contributed by atoms with Crippen molar-refractivity contribution in [2.24, 2.45) is 0 Å². The second kappa shape index (κ2) is 5.30. The second-order valence-corrected chi connectivity index (χ2v) is 5.79. The van der Waals surface area contributed by atoms with Crippen molar-refractivity contribution >= 4 is 17.9 Å². The number of carbonyl (C=O) groups is 3. The number of likely N-dealkylation sites (tertiary alicyclic amines) is 2. The van der Waals surface area contributed by atoms with E-state index in [-0.39, 0.29) is 18.0 Å². The quantitative estimate of drug-likeness (QED) is 0.760. The predicted octanol–water partition coefficient (Wildman–Crippen LogP) is 0.256. The van der Waals surface area contributed by atoms with E-state index in [0.29, 0.717) is 38.8 Å². The Bertz CT molecular complexity index is 439. The van der Waals surface area contributed by atoms with Crippen LogP contribution in [0.4, 0.5) is 4.79 Å². The molecule has 2 aliphatic heterocycles. The lowest BCUT2D eigenvalue weighted by molar-refractivity contribution is -0.147. The molecule has 2 rings (SSSR count). The Kier molecular flexibility index (Phi) is 3.87. The predicted molar refractivity (Wildman–Crippen MR) is 71.2 cm³/mol. The molecular formula is C13H21N3O4. The number of nitrogens with zero attached hydrogens (tertiary/aromatic N) is 2. The first-order valence-corrected chi connectivity index (χ1v) is 6.90. The summed E-state index contributed by atoms with van der Waals surface area (Å²) in [4.78, 5) is 38.0. The molecule has 7 nitrogen and oxygen atoms in total. The number of carboxylic acid groups (broad SMARTS) is 1. The van der Waals surface area contributed by atoms with E-state index < -0.39 is 11.5 Å². The van der Waals surface area contributed by atoms with Gasteiger partial charge in [0.2, 0.25) is 5.91 Å². The SMILES string of the molecule is CN1CC(NC(=O)N2CCCC2(C)C(=O)O)CCC1=O. The Labute approximate surface area is 117 Å². The van der Waals surface area contributed by atoms with E-state index in [1.807, 2.05) is 0 Å². The van der Waals surface area contributed by atoms with Gasteiger partial charge in [-0.2, -0.15) is 0 Å². The number of rotatable bonds is 2. The van der Waals surface area contributed by atoms with Crippen LogP contribution in [-0.2, 0) is 9.59 Å². The largest absolute Gasteiger partial charge is 0.480 e. The molecule has 0 spiro atoms. The molecule has 2 fully saturated rings. The molecule has 0 aromatic carbocycles. The summed E-state index contributed by atoms with van der Waals surface area (Å²) in [6.07, 6.45) is 2.18. The highest BCUT2D eigenvalue weighted by Gasteiger charge is 2.46. The summed E-state index contributed by atoms with van der Waals surface area (Å²) in [7, 11) is 1.71. The first-order chi connectivity index (χ1) is 9.34. The molecule has 3 amide bonds. The van der Waals surface area contributed by atoms with Crippen molar-refractivity contribution in [2.45, 2.75) is 44.2 Å². The summed E-state index contributed by atoms with van der Waals surface area (Å²) in [6, 6.07) is -0.455. The van der Waals surface area contributed by atoms with Crippen molar-refractivity contribution < 1.29 is 19.5 Å². The summed E-state index contributed by atoms with van der Waals surface area (Å²) in [5.74, 6) is -0.895. The third kappa shape index (κ3) is 2.57. The van der Waals surface area contributed by atoms with Gasteiger partial charge < -0.3 is 20.2 Å². The standard InChI is InChI=1S/C13H21N3O4/c1-13(11(18)19)6-3-7-16(13)12(20)14-9-4-5-10(17)15(2)8-9/h9H,3-8H2,1-2H3,(H,14,20)(H,18,19). The van der Waals surface area contributed by atoms with E-state index in [1.54, 1.807) is 18.9 Å². The lowest BCUT2D eigenvalue weighted by Gasteiger charge is -2.35. The molecule has 2 unspecified atom stereocenters. The molecule has 2 saturated heterocycles. The summed E-state index contributed by atoms with van der Waals surface area (Å²) in [5.41, 5.74) is -1.12. The van der Waals surface area contributed by atoms with Crippen molar-refractivity contribution in [3.63, 3.8) is 0 Å². The molecule has 2 aliphatic rings. The van der Waals surface area contributed by atoms with E-state index in [2.05, 4.69) is 5.32 Å². The molecule has 0 aromatic heterocycles. The third-order valence-corrected chi connectivity index (χ3v) is 4.30. The van der Waals surface area contributed by atoms with Gasteiger partial charge in [-0.15, -0.1) is 0 Å². The Balaban J connectivity index is 1.98. The van der Waals surface area contributed by atoms with Gasteiger partial charge >= 0.3 is 12.0 Å². The highest BCUT2D eigenvalue weighted by Crippen LogP contribution is 2.29. The van der Waals surface area contributed by atoms with E-state index >= 15 is 0 Å². The van der Waals surface area contributed by atoms with Gasteiger partial charge in [0.05, 0.1) is 0 Å². The Morgan fingerprint density at radius 3 is 2.75 bits per heavy atom. The Hall–Kier alpha value is -1.79. The molecule has 0 aliphatic carbocycles.